The molecule has 0 saturated carbocycles. The largest absolute Gasteiger partial charge is 0.328 e. The molecular formula is C24H24N6O3S. The zero-order chi connectivity index (χ0) is 23.9. The number of amides is 1. The first-order chi connectivity index (χ1) is 16.3. The number of benzene rings is 2. The number of fused-ring (bicyclic) bond motifs is 2. The second-order valence-corrected chi connectivity index (χ2v) is 10.5. The molecule has 10 heteroatoms. The average molecular weight is 477 g/mol. The molecule has 9 nitrogen and oxygen atoms in total. The first-order valence-corrected chi connectivity index (χ1v) is 12.3. The Morgan fingerprint density at radius 1 is 1.12 bits per heavy atom. The van der Waals surface area contributed by atoms with Gasteiger partial charge in [-0.3, -0.25) is 4.79 Å². The highest BCUT2D eigenvalue weighted by molar-refractivity contribution is 7.89. The predicted octanol–water partition coefficient (Wildman–Crippen LogP) is 3.36. The fourth-order valence-corrected chi connectivity index (χ4v) is 5.12. The molecular weight excluding hydrogens is 452 g/mol. The van der Waals surface area contributed by atoms with Crippen LogP contribution in [0.3, 0.4) is 0 Å². The normalized spacial score (nSPS) is 13.7. The average Bonchev–Trinajstić information content (AvgIpc) is 3.21. The van der Waals surface area contributed by atoms with E-state index in [9.17, 15) is 13.2 Å². The highest BCUT2D eigenvalue weighted by Gasteiger charge is 2.21. The van der Waals surface area contributed by atoms with Gasteiger partial charge in [0.25, 0.3) is 0 Å². The molecule has 174 valence electrons. The Morgan fingerprint density at radius 3 is 2.76 bits per heavy atom. The molecule has 1 aliphatic rings. The summed E-state index contributed by atoms with van der Waals surface area (Å²) in [4.78, 5) is 21.0. The monoisotopic (exact) mass is 476 g/mol. The van der Waals surface area contributed by atoms with Crippen LogP contribution in [-0.2, 0) is 27.8 Å². The van der Waals surface area contributed by atoms with Gasteiger partial charge in [0.05, 0.1) is 11.4 Å². The van der Waals surface area contributed by atoms with Crippen molar-refractivity contribution in [2.24, 2.45) is 0 Å². The van der Waals surface area contributed by atoms with Crippen LogP contribution in [-0.4, -0.2) is 47.3 Å². The van der Waals surface area contributed by atoms with Crippen LogP contribution in [0.25, 0.3) is 11.0 Å². The van der Waals surface area contributed by atoms with Crippen molar-refractivity contribution >= 4 is 44.3 Å². The highest BCUT2D eigenvalue weighted by Crippen LogP contribution is 2.27. The molecule has 0 radical (unpaired) electrons. The fourth-order valence-electron chi connectivity index (χ4n) is 4.02. The molecule has 0 unspecified atom stereocenters. The molecule has 2 aromatic heterocycles. The van der Waals surface area contributed by atoms with Crippen LogP contribution in [0.4, 0.5) is 17.3 Å². The van der Waals surface area contributed by atoms with Gasteiger partial charge in [-0.1, -0.05) is 18.2 Å². The van der Waals surface area contributed by atoms with E-state index in [0.29, 0.717) is 36.5 Å². The van der Waals surface area contributed by atoms with E-state index in [0.717, 1.165) is 22.3 Å². The van der Waals surface area contributed by atoms with E-state index >= 15 is 0 Å². The van der Waals surface area contributed by atoms with Crippen molar-refractivity contribution in [1.29, 1.82) is 0 Å². The summed E-state index contributed by atoms with van der Waals surface area (Å²) in [7, 11) is -0.526. The van der Waals surface area contributed by atoms with Gasteiger partial charge in [-0.25, -0.2) is 17.7 Å². The number of aryl methyl sites for hydroxylation is 1. The Bertz CT molecular complexity index is 1510. The van der Waals surface area contributed by atoms with Crippen LogP contribution >= 0.6 is 0 Å². The number of hydrogen-bond acceptors (Lipinski definition) is 6. The number of nitrogens with one attached hydrogen (secondary N) is 2. The fraction of sp³-hybridized carbons (Fsp3) is 0.208. The number of rotatable bonds is 6. The third-order valence-electron chi connectivity index (χ3n) is 5.83. The number of carbonyl (C=O) groups is 1. The molecule has 5 rings (SSSR count). The van der Waals surface area contributed by atoms with Gasteiger partial charge in [0.15, 0.2) is 0 Å². The zero-order valence-corrected chi connectivity index (χ0v) is 19.6. The maximum Gasteiger partial charge on any atom is 0.242 e. The van der Waals surface area contributed by atoms with Crippen LogP contribution in [0.5, 0.6) is 0 Å². The second-order valence-electron chi connectivity index (χ2n) is 8.36. The lowest BCUT2D eigenvalue weighted by Gasteiger charge is -2.18. The van der Waals surface area contributed by atoms with Crippen molar-refractivity contribution in [3.63, 3.8) is 0 Å². The van der Waals surface area contributed by atoms with Crippen LogP contribution in [0.15, 0.2) is 65.8 Å². The summed E-state index contributed by atoms with van der Waals surface area (Å²) in [5.41, 5.74) is 4.10. The highest BCUT2D eigenvalue weighted by atomic mass is 32.2. The van der Waals surface area contributed by atoms with Crippen LogP contribution in [0.1, 0.15) is 17.5 Å². The standard InChI is InChI=1S/C24H24N6O3S/c1-29(2)34(32,33)21-6-4-3-5-18(21)15-30-12-11-17-14-25-24(28-23(17)30)26-19-8-9-20-16(13-19)7-10-22(31)27-20/h3-6,8-9,11-14H,7,10,15H2,1-2H3,(H,27,31)(H,25,26,28). The second kappa shape index (κ2) is 8.54. The first kappa shape index (κ1) is 22.1. The minimum Gasteiger partial charge on any atom is -0.328 e. The Balaban J connectivity index is 1.45. The number of anilines is 3. The van der Waals surface area contributed by atoms with Crippen LogP contribution < -0.4 is 10.6 Å². The summed E-state index contributed by atoms with van der Waals surface area (Å²) < 4.78 is 28.7. The van der Waals surface area contributed by atoms with E-state index in [1.165, 1.54) is 18.4 Å². The molecule has 0 saturated heterocycles. The smallest absolute Gasteiger partial charge is 0.242 e. The van der Waals surface area contributed by atoms with Crippen molar-refractivity contribution in [3.8, 4) is 0 Å². The van der Waals surface area contributed by atoms with Gasteiger partial charge in [-0.05, 0) is 47.9 Å². The Kier molecular flexibility index (Phi) is 5.54. The Morgan fingerprint density at radius 2 is 1.94 bits per heavy atom. The summed E-state index contributed by atoms with van der Waals surface area (Å²) >= 11 is 0. The van der Waals surface area contributed by atoms with E-state index in [1.807, 2.05) is 47.2 Å². The topological polar surface area (TPSA) is 109 Å². The minimum atomic E-state index is -3.58. The number of hydrogen-bond donors (Lipinski definition) is 2. The number of carbonyl (C=O) groups excluding carboxylic acids is 1. The van der Waals surface area contributed by atoms with Crippen molar-refractivity contribution in [1.82, 2.24) is 18.8 Å². The summed E-state index contributed by atoms with van der Waals surface area (Å²) in [6.07, 6.45) is 4.78. The lowest BCUT2D eigenvalue weighted by atomic mass is 10.0. The molecule has 0 bridgehead atoms. The van der Waals surface area contributed by atoms with Gasteiger partial charge in [0, 0.05) is 49.7 Å². The molecule has 1 amide bonds. The molecule has 34 heavy (non-hydrogen) atoms. The van der Waals surface area contributed by atoms with E-state index in [-0.39, 0.29) is 10.8 Å². The summed E-state index contributed by atoms with van der Waals surface area (Å²) in [5.74, 6) is 0.462. The number of nitrogens with zero attached hydrogens (tertiary/aromatic N) is 4. The van der Waals surface area contributed by atoms with E-state index < -0.39 is 10.0 Å². The molecule has 0 aliphatic carbocycles. The molecule has 2 N–H and O–H groups in total. The lowest BCUT2D eigenvalue weighted by molar-refractivity contribution is -0.116. The maximum atomic E-state index is 12.8. The third kappa shape index (κ3) is 4.13. The quantitative estimate of drug-likeness (QED) is 0.442. The summed E-state index contributed by atoms with van der Waals surface area (Å²) in [5, 5.41) is 6.97. The molecule has 0 spiro atoms. The molecule has 0 atom stereocenters. The Hall–Kier alpha value is -3.76. The van der Waals surface area contributed by atoms with Gasteiger partial charge in [0.2, 0.25) is 21.9 Å². The number of aromatic nitrogens is 3. The molecule has 1 aliphatic heterocycles. The molecule has 0 fully saturated rings. The van der Waals surface area contributed by atoms with Crippen molar-refractivity contribution in [2.45, 2.75) is 24.3 Å². The van der Waals surface area contributed by atoms with E-state index in [4.69, 9.17) is 0 Å². The lowest BCUT2D eigenvalue weighted by Crippen LogP contribution is -2.23. The van der Waals surface area contributed by atoms with E-state index in [1.54, 1.807) is 18.3 Å². The molecule has 4 aromatic rings. The summed E-state index contributed by atoms with van der Waals surface area (Å²) in [6.45, 7) is 0.349. The van der Waals surface area contributed by atoms with Gasteiger partial charge in [0.1, 0.15) is 5.65 Å². The Labute approximate surface area is 197 Å². The van der Waals surface area contributed by atoms with Crippen molar-refractivity contribution in [2.75, 3.05) is 24.7 Å². The van der Waals surface area contributed by atoms with Gasteiger partial charge < -0.3 is 15.2 Å². The minimum absolute atomic E-state index is 0.0303. The molecule has 2 aromatic carbocycles. The van der Waals surface area contributed by atoms with Crippen molar-refractivity contribution in [3.05, 3.63) is 72.1 Å². The maximum absolute atomic E-state index is 12.8. The van der Waals surface area contributed by atoms with Gasteiger partial charge in [-0.15, -0.1) is 0 Å². The SMILES string of the molecule is CN(C)S(=O)(=O)c1ccccc1Cn1ccc2cnc(Nc3ccc4c(c3)CCC(=O)N4)nc21. The van der Waals surface area contributed by atoms with Crippen molar-refractivity contribution < 1.29 is 13.2 Å². The van der Waals surface area contributed by atoms with Crippen LogP contribution in [0, 0.1) is 0 Å². The summed E-state index contributed by atoms with van der Waals surface area (Å²) in [6, 6.07) is 14.6. The predicted molar refractivity (Wildman–Crippen MR) is 131 cm³/mol. The number of sulfonamides is 1. The van der Waals surface area contributed by atoms with E-state index in [2.05, 4.69) is 20.6 Å². The molecule has 3 heterocycles. The first-order valence-electron chi connectivity index (χ1n) is 10.8. The van der Waals surface area contributed by atoms with Gasteiger partial charge in [-0.2, -0.15) is 4.98 Å². The van der Waals surface area contributed by atoms with Gasteiger partial charge >= 0.3 is 0 Å². The zero-order valence-electron chi connectivity index (χ0n) is 18.8. The van der Waals surface area contributed by atoms with Crippen LogP contribution in [0.2, 0.25) is 0 Å². The third-order valence-corrected chi connectivity index (χ3v) is 7.75.